The predicted molar refractivity (Wildman–Crippen MR) is 114 cm³/mol. The molecule has 0 bridgehead atoms. The summed E-state index contributed by atoms with van der Waals surface area (Å²) < 4.78 is 7.08. The molecule has 2 N–H and O–H groups in total. The molecule has 0 fully saturated rings. The molecule has 0 heterocycles. The van der Waals surface area contributed by atoms with E-state index in [1.54, 1.807) is 0 Å². The molecule has 0 atom stereocenters. The molecule has 140 valence electrons. The van der Waals surface area contributed by atoms with E-state index in [1.807, 2.05) is 30.3 Å². The molecular formula is C19H27BrCl2N2O. The summed E-state index contributed by atoms with van der Waals surface area (Å²) in [6.07, 6.45) is 1.13. The topological polar surface area (TPSA) is 33.3 Å². The van der Waals surface area contributed by atoms with Gasteiger partial charge in [0.25, 0.3) is 0 Å². The van der Waals surface area contributed by atoms with Crippen molar-refractivity contribution in [2.24, 2.45) is 0 Å². The normalized spacial score (nSPS) is 9.84. The Morgan fingerprint density at radius 1 is 0.960 bits per heavy atom. The molecule has 2 aromatic carbocycles. The Labute approximate surface area is 171 Å². The Morgan fingerprint density at radius 2 is 1.68 bits per heavy atom. The lowest BCUT2D eigenvalue weighted by Gasteiger charge is -2.13. The van der Waals surface area contributed by atoms with Gasteiger partial charge in [0, 0.05) is 16.6 Å². The van der Waals surface area contributed by atoms with Crippen molar-refractivity contribution in [2.75, 3.05) is 19.6 Å². The summed E-state index contributed by atoms with van der Waals surface area (Å²) in [6.45, 7) is 6.62. The molecule has 0 radical (unpaired) electrons. The van der Waals surface area contributed by atoms with Crippen molar-refractivity contribution in [3.63, 3.8) is 0 Å². The van der Waals surface area contributed by atoms with E-state index in [4.69, 9.17) is 4.74 Å². The first kappa shape index (κ1) is 24.2. The third kappa shape index (κ3) is 9.47. The highest BCUT2D eigenvalue weighted by atomic mass is 79.9. The third-order valence-corrected chi connectivity index (χ3v) is 4.03. The van der Waals surface area contributed by atoms with Gasteiger partial charge >= 0.3 is 0 Å². The van der Waals surface area contributed by atoms with Gasteiger partial charge in [-0.3, -0.25) is 0 Å². The van der Waals surface area contributed by atoms with Crippen LogP contribution in [0.3, 0.4) is 0 Å². The SMILES string of the molecule is CCNCCCNCc1cc(Br)ccc1OCc1ccccc1.Cl.Cl. The van der Waals surface area contributed by atoms with Crippen LogP contribution in [-0.2, 0) is 13.2 Å². The minimum atomic E-state index is 0. The van der Waals surface area contributed by atoms with Crippen molar-refractivity contribution in [1.82, 2.24) is 10.6 Å². The first-order chi connectivity index (χ1) is 11.3. The minimum Gasteiger partial charge on any atom is -0.489 e. The van der Waals surface area contributed by atoms with Crippen LogP contribution in [0.2, 0.25) is 0 Å². The standard InChI is InChI=1S/C19H25BrN2O.2ClH/c1-2-21-11-6-12-22-14-17-13-18(20)9-10-19(17)23-15-16-7-4-3-5-8-16;;/h3-5,7-10,13,21-22H,2,6,11-12,14-15H2,1H3;2*1H. The first-order valence-corrected chi connectivity index (χ1v) is 8.95. The van der Waals surface area contributed by atoms with Crippen LogP contribution in [0.25, 0.3) is 0 Å². The Morgan fingerprint density at radius 3 is 2.40 bits per heavy atom. The highest BCUT2D eigenvalue weighted by Crippen LogP contribution is 2.24. The van der Waals surface area contributed by atoms with Crippen LogP contribution in [0.15, 0.2) is 53.0 Å². The summed E-state index contributed by atoms with van der Waals surface area (Å²) in [7, 11) is 0. The average Bonchev–Trinajstić information content (AvgIpc) is 2.58. The van der Waals surface area contributed by atoms with E-state index >= 15 is 0 Å². The van der Waals surface area contributed by atoms with E-state index in [9.17, 15) is 0 Å². The molecular weight excluding hydrogens is 423 g/mol. The van der Waals surface area contributed by atoms with Crippen molar-refractivity contribution in [3.05, 3.63) is 64.1 Å². The quantitative estimate of drug-likeness (QED) is 0.503. The van der Waals surface area contributed by atoms with Gasteiger partial charge in [0.2, 0.25) is 0 Å². The fourth-order valence-electron chi connectivity index (χ4n) is 2.30. The lowest BCUT2D eigenvalue weighted by atomic mass is 10.2. The van der Waals surface area contributed by atoms with Crippen LogP contribution in [0, 0.1) is 0 Å². The molecule has 0 aliphatic heterocycles. The lowest BCUT2D eigenvalue weighted by molar-refractivity contribution is 0.302. The van der Waals surface area contributed by atoms with E-state index < -0.39 is 0 Å². The molecule has 0 unspecified atom stereocenters. The Kier molecular flexibility index (Phi) is 13.9. The molecule has 25 heavy (non-hydrogen) atoms. The molecule has 0 spiro atoms. The highest BCUT2D eigenvalue weighted by Gasteiger charge is 2.05. The van der Waals surface area contributed by atoms with Crippen LogP contribution < -0.4 is 15.4 Å². The van der Waals surface area contributed by atoms with Crippen LogP contribution in [-0.4, -0.2) is 19.6 Å². The van der Waals surface area contributed by atoms with Crippen LogP contribution in [0.1, 0.15) is 24.5 Å². The second-order valence-corrected chi connectivity index (χ2v) is 6.33. The maximum absolute atomic E-state index is 6.00. The molecule has 0 amide bonds. The molecule has 0 aliphatic rings. The molecule has 0 aromatic heterocycles. The van der Waals surface area contributed by atoms with Crippen molar-refractivity contribution in [1.29, 1.82) is 0 Å². The van der Waals surface area contributed by atoms with Crippen LogP contribution >= 0.6 is 40.7 Å². The van der Waals surface area contributed by atoms with Crippen molar-refractivity contribution in [2.45, 2.75) is 26.5 Å². The Bertz CT molecular complexity index is 585. The van der Waals surface area contributed by atoms with Gasteiger partial charge in [0.1, 0.15) is 12.4 Å². The fraction of sp³-hybridized carbons (Fsp3) is 0.368. The monoisotopic (exact) mass is 448 g/mol. The van der Waals surface area contributed by atoms with E-state index in [-0.39, 0.29) is 24.8 Å². The van der Waals surface area contributed by atoms with Crippen molar-refractivity contribution >= 4 is 40.7 Å². The van der Waals surface area contributed by atoms with Gasteiger partial charge in [-0.2, -0.15) is 0 Å². The summed E-state index contributed by atoms with van der Waals surface area (Å²) in [5, 5.41) is 6.82. The largest absolute Gasteiger partial charge is 0.489 e. The number of benzene rings is 2. The summed E-state index contributed by atoms with van der Waals surface area (Å²) in [4.78, 5) is 0. The molecule has 2 rings (SSSR count). The summed E-state index contributed by atoms with van der Waals surface area (Å²) >= 11 is 3.54. The third-order valence-electron chi connectivity index (χ3n) is 3.53. The minimum absolute atomic E-state index is 0. The number of ether oxygens (including phenoxy) is 1. The molecule has 0 aliphatic carbocycles. The number of rotatable bonds is 10. The molecule has 0 saturated heterocycles. The molecule has 3 nitrogen and oxygen atoms in total. The fourth-order valence-corrected chi connectivity index (χ4v) is 2.71. The molecule has 0 saturated carbocycles. The predicted octanol–water partition coefficient (Wildman–Crippen LogP) is 4.96. The number of halogens is 3. The van der Waals surface area contributed by atoms with Crippen LogP contribution in [0.5, 0.6) is 5.75 Å². The summed E-state index contributed by atoms with van der Waals surface area (Å²) in [5.41, 5.74) is 2.36. The van der Waals surface area contributed by atoms with Gasteiger partial charge in [0.05, 0.1) is 0 Å². The smallest absolute Gasteiger partial charge is 0.124 e. The Hall–Kier alpha value is -0.780. The van der Waals surface area contributed by atoms with Crippen molar-refractivity contribution < 1.29 is 4.74 Å². The van der Waals surface area contributed by atoms with E-state index in [1.165, 1.54) is 11.1 Å². The van der Waals surface area contributed by atoms with E-state index in [2.05, 4.69) is 51.7 Å². The zero-order chi connectivity index (χ0) is 16.3. The number of hydrogen-bond acceptors (Lipinski definition) is 3. The second-order valence-electron chi connectivity index (χ2n) is 5.41. The maximum atomic E-state index is 6.00. The first-order valence-electron chi connectivity index (χ1n) is 8.16. The zero-order valence-corrected chi connectivity index (χ0v) is 17.7. The number of nitrogens with one attached hydrogen (secondary N) is 2. The lowest BCUT2D eigenvalue weighted by Crippen LogP contribution is -2.21. The summed E-state index contributed by atoms with van der Waals surface area (Å²) in [5.74, 6) is 0.941. The molecule has 2 aromatic rings. The van der Waals surface area contributed by atoms with Gasteiger partial charge in [-0.25, -0.2) is 0 Å². The van der Waals surface area contributed by atoms with Crippen LogP contribution in [0.4, 0.5) is 0 Å². The average molecular weight is 450 g/mol. The summed E-state index contributed by atoms with van der Waals surface area (Å²) in [6, 6.07) is 16.4. The van der Waals surface area contributed by atoms with Crippen molar-refractivity contribution in [3.8, 4) is 5.75 Å². The molecule has 6 heteroatoms. The zero-order valence-electron chi connectivity index (χ0n) is 14.5. The Balaban J connectivity index is 0.00000288. The van der Waals surface area contributed by atoms with E-state index in [0.717, 1.165) is 42.8 Å². The van der Waals surface area contributed by atoms with E-state index in [0.29, 0.717) is 6.61 Å². The van der Waals surface area contributed by atoms with Gasteiger partial charge in [-0.15, -0.1) is 24.8 Å². The number of hydrogen-bond donors (Lipinski definition) is 2. The van der Waals surface area contributed by atoms with Gasteiger partial charge in [-0.1, -0.05) is 53.2 Å². The van der Waals surface area contributed by atoms with Gasteiger partial charge < -0.3 is 15.4 Å². The second kappa shape index (κ2) is 14.4. The highest BCUT2D eigenvalue weighted by molar-refractivity contribution is 9.10. The van der Waals surface area contributed by atoms with Gasteiger partial charge in [-0.05, 0) is 49.8 Å². The maximum Gasteiger partial charge on any atom is 0.124 e. The van der Waals surface area contributed by atoms with Gasteiger partial charge in [0.15, 0.2) is 0 Å².